The van der Waals surface area contributed by atoms with Crippen molar-refractivity contribution in [2.45, 2.75) is 6.18 Å². The van der Waals surface area contributed by atoms with E-state index in [1.54, 1.807) is 25.4 Å². The lowest BCUT2D eigenvalue weighted by molar-refractivity contribution is -0.137. The maximum atomic E-state index is 12.6. The number of rotatable bonds is 7. The van der Waals surface area contributed by atoms with Gasteiger partial charge in [0.2, 0.25) is 5.13 Å². The van der Waals surface area contributed by atoms with Gasteiger partial charge in [-0.05, 0) is 30.3 Å². The van der Waals surface area contributed by atoms with Crippen LogP contribution < -0.4 is 10.1 Å². The zero-order valence-corrected chi connectivity index (χ0v) is 15.9. The third kappa shape index (κ3) is 5.48. The van der Waals surface area contributed by atoms with Gasteiger partial charge in [0.1, 0.15) is 18.1 Å². The predicted molar refractivity (Wildman–Crippen MR) is 99.9 cm³/mol. The molecule has 2 heterocycles. The van der Waals surface area contributed by atoms with Gasteiger partial charge < -0.3 is 9.47 Å². The van der Waals surface area contributed by atoms with Crippen molar-refractivity contribution < 1.29 is 27.4 Å². The first-order valence-corrected chi connectivity index (χ1v) is 9.04. The van der Waals surface area contributed by atoms with E-state index < -0.39 is 17.6 Å². The third-order valence-electron chi connectivity index (χ3n) is 3.64. The fourth-order valence-electron chi connectivity index (χ4n) is 2.22. The second-order valence-corrected chi connectivity index (χ2v) is 6.42. The highest BCUT2D eigenvalue weighted by Crippen LogP contribution is 2.29. The van der Waals surface area contributed by atoms with Crippen molar-refractivity contribution >= 4 is 22.6 Å². The van der Waals surface area contributed by atoms with Gasteiger partial charge in [0.25, 0.3) is 5.91 Å². The lowest BCUT2D eigenvalue weighted by Crippen LogP contribution is -2.12. The van der Waals surface area contributed by atoms with Gasteiger partial charge in [-0.3, -0.25) is 15.1 Å². The van der Waals surface area contributed by atoms with Crippen LogP contribution in [0.4, 0.5) is 18.3 Å². The highest BCUT2D eigenvalue weighted by atomic mass is 32.1. The van der Waals surface area contributed by atoms with E-state index in [0.717, 1.165) is 35.8 Å². The first-order valence-electron chi connectivity index (χ1n) is 8.27. The number of nitrogens with zero attached hydrogens (tertiary/aromatic N) is 3. The molecule has 0 radical (unpaired) electrons. The van der Waals surface area contributed by atoms with Crippen LogP contribution in [-0.2, 0) is 10.9 Å². The molecule has 1 N–H and O–H groups in total. The van der Waals surface area contributed by atoms with Gasteiger partial charge >= 0.3 is 6.18 Å². The maximum Gasteiger partial charge on any atom is 0.416 e. The molecule has 152 valence electrons. The number of aromatic nitrogens is 3. The number of halogens is 3. The zero-order chi connectivity index (χ0) is 20.9. The average molecular weight is 424 g/mol. The number of carbonyl (C=O) groups is 1. The normalized spacial score (nSPS) is 11.3. The van der Waals surface area contributed by atoms with Gasteiger partial charge in [-0.1, -0.05) is 0 Å². The van der Waals surface area contributed by atoms with Crippen molar-refractivity contribution in [3.63, 3.8) is 0 Å². The summed E-state index contributed by atoms with van der Waals surface area (Å²) >= 11 is 0.928. The number of nitrogens with one attached hydrogen (secondary N) is 1. The number of alkyl halides is 3. The molecule has 0 aliphatic heterocycles. The van der Waals surface area contributed by atoms with Crippen molar-refractivity contribution in [2.75, 3.05) is 25.6 Å². The number of benzene rings is 1. The molecule has 1 aromatic carbocycles. The number of anilines is 1. The molecule has 0 unspecified atom stereocenters. The summed E-state index contributed by atoms with van der Waals surface area (Å²) in [6, 6.07) is 7.22. The molecule has 0 fully saturated rings. The summed E-state index contributed by atoms with van der Waals surface area (Å²) in [6.07, 6.45) is -2.92. The second-order valence-electron chi connectivity index (χ2n) is 5.67. The van der Waals surface area contributed by atoms with E-state index in [4.69, 9.17) is 9.47 Å². The smallest absolute Gasteiger partial charge is 0.416 e. The summed E-state index contributed by atoms with van der Waals surface area (Å²) in [4.78, 5) is 20.6. The largest absolute Gasteiger partial charge is 0.491 e. The van der Waals surface area contributed by atoms with Crippen LogP contribution in [0.25, 0.3) is 11.5 Å². The minimum Gasteiger partial charge on any atom is -0.491 e. The Bertz CT molecular complexity index is 977. The van der Waals surface area contributed by atoms with Gasteiger partial charge in [-0.15, -0.1) is 0 Å². The van der Waals surface area contributed by atoms with Crippen LogP contribution in [0.15, 0.2) is 42.6 Å². The van der Waals surface area contributed by atoms with Gasteiger partial charge in [0, 0.05) is 36.5 Å². The predicted octanol–water partition coefficient (Wildman–Crippen LogP) is 3.90. The zero-order valence-electron chi connectivity index (χ0n) is 15.1. The summed E-state index contributed by atoms with van der Waals surface area (Å²) in [6.45, 7) is 0.811. The SMILES string of the molecule is COCCOc1ccnc(-c2nsc(NC(=O)c3ccc(C(F)(F)F)cc3)n2)c1. The first-order chi connectivity index (χ1) is 13.9. The Morgan fingerprint density at radius 2 is 1.93 bits per heavy atom. The minimum atomic E-state index is -4.46. The molecule has 11 heteroatoms. The van der Waals surface area contributed by atoms with Crippen molar-refractivity contribution in [3.05, 3.63) is 53.7 Å². The molecule has 29 heavy (non-hydrogen) atoms. The Morgan fingerprint density at radius 1 is 1.17 bits per heavy atom. The van der Waals surface area contributed by atoms with Crippen LogP contribution in [0.5, 0.6) is 5.75 Å². The molecule has 2 aromatic heterocycles. The lowest BCUT2D eigenvalue weighted by Gasteiger charge is -2.07. The van der Waals surface area contributed by atoms with E-state index >= 15 is 0 Å². The molecule has 7 nitrogen and oxygen atoms in total. The molecule has 0 saturated heterocycles. The molecule has 0 spiro atoms. The second kappa shape index (κ2) is 8.97. The Labute approximate surface area is 167 Å². The topological polar surface area (TPSA) is 86.2 Å². The molecule has 0 atom stereocenters. The number of methoxy groups -OCH3 is 1. The maximum absolute atomic E-state index is 12.6. The van der Waals surface area contributed by atoms with Crippen molar-refractivity contribution in [1.82, 2.24) is 14.3 Å². The van der Waals surface area contributed by atoms with Crippen LogP contribution in [0.2, 0.25) is 0 Å². The highest BCUT2D eigenvalue weighted by molar-refractivity contribution is 7.10. The fourth-order valence-corrected chi connectivity index (χ4v) is 2.80. The van der Waals surface area contributed by atoms with E-state index in [0.29, 0.717) is 24.7 Å². The van der Waals surface area contributed by atoms with Crippen molar-refractivity contribution in [1.29, 1.82) is 0 Å². The number of hydrogen-bond acceptors (Lipinski definition) is 7. The standard InChI is InChI=1S/C18H15F3N4O3S/c1-27-8-9-28-13-6-7-22-14(10-13)15-23-17(29-25-15)24-16(26)11-2-4-12(5-3-11)18(19,20)21/h2-7,10H,8-9H2,1H3,(H,23,24,25,26). The van der Waals surface area contributed by atoms with Gasteiger partial charge in [-0.25, -0.2) is 0 Å². The molecule has 0 saturated carbocycles. The third-order valence-corrected chi connectivity index (χ3v) is 4.27. The molecule has 1 amide bonds. The Morgan fingerprint density at radius 3 is 2.62 bits per heavy atom. The Kier molecular flexibility index (Phi) is 6.39. The quantitative estimate of drug-likeness (QED) is 0.579. The summed E-state index contributed by atoms with van der Waals surface area (Å²) < 4.78 is 52.4. The van der Waals surface area contributed by atoms with Crippen LogP contribution in [0, 0.1) is 0 Å². The van der Waals surface area contributed by atoms with E-state index in [9.17, 15) is 18.0 Å². The summed E-state index contributed by atoms with van der Waals surface area (Å²) in [5.74, 6) is 0.262. The van der Waals surface area contributed by atoms with E-state index in [2.05, 4.69) is 19.7 Å². The molecule has 3 rings (SSSR count). The van der Waals surface area contributed by atoms with Gasteiger partial charge in [0.15, 0.2) is 5.82 Å². The van der Waals surface area contributed by atoms with Crippen LogP contribution in [0.3, 0.4) is 0 Å². The van der Waals surface area contributed by atoms with Crippen molar-refractivity contribution in [3.8, 4) is 17.3 Å². The Balaban J connectivity index is 1.67. The van der Waals surface area contributed by atoms with Crippen LogP contribution >= 0.6 is 11.5 Å². The van der Waals surface area contributed by atoms with Crippen LogP contribution in [-0.4, -0.2) is 40.6 Å². The molecular weight excluding hydrogens is 409 g/mol. The Hall–Kier alpha value is -3.05. The van der Waals surface area contributed by atoms with Gasteiger partial charge in [-0.2, -0.15) is 22.5 Å². The molecule has 3 aromatic rings. The number of carbonyl (C=O) groups excluding carboxylic acids is 1. The fraction of sp³-hybridized carbons (Fsp3) is 0.222. The van der Waals surface area contributed by atoms with Crippen LogP contribution in [0.1, 0.15) is 15.9 Å². The first kappa shape index (κ1) is 20.7. The van der Waals surface area contributed by atoms with E-state index in [1.165, 1.54) is 0 Å². The molecule has 0 bridgehead atoms. The lowest BCUT2D eigenvalue weighted by atomic mass is 10.1. The van der Waals surface area contributed by atoms with E-state index in [-0.39, 0.29) is 16.5 Å². The average Bonchev–Trinajstić information content (AvgIpc) is 3.16. The number of hydrogen-bond donors (Lipinski definition) is 1. The molecule has 0 aliphatic rings. The molecular formula is C18H15F3N4O3S. The summed E-state index contributed by atoms with van der Waals surface area (Å²) in [7, 11) is 1.57. The monoisotopic (exact) mass is 424 g/mol. The van der Waals surface area contributed by atoms with E-state index in [1.807, 2.05) is 0 Å². The minimum absolute atomic E-state index is 0.0708. The number of amides is 1. The van der Waals surface area contributed by atoms with Crippen molar-refractivity contribution in [2.24, 2.45) is 0 Å². The summed E-state index contributed by atoms with van der Waals surface area (Å²) in [5, 5.41) is 2.70. The molecule has 0 aliphatic carbocycles. The van der Waals surface area contributed by atoms with Gasteiger partial charge in [0.05, 0.1) is 12.2 Å². The number of ether oxygens (including phenoxy) is 2. The summed E-state index contributed by atoms with van der Waals surface area (Å²) in [5.41, 5.74) is -0.307. The number of pyridine rings is 1. The highest BCUT2D eigenvalue weighted by Gasteiger charge is 2.30.